The van der Waals surface area contributed by atoms with E-state index < -0.39 is 0 Å². The maximum absolute atomic E-state index is 12.4. The normalized spacial score (nSPS) is 11.9. The Labute approximate surface area is 219 Å². The van der Waals surface area contributed by atoms with Crippen molar-refractivity contribution in [3.05, 3.63) is 25.3 Å². The van der Waals surface area contributed by atoms with Crippen LogP contribution in [0.15, 0.2) is 25.3 Å². The van der Waals surface area contributed by atoms with Crippen LogP contribution in [0.2, 0.25) is 0 Å². The molecule has 0 fully saturated rings. The second-order valence-corrected chi connectivity index (χ2v) is 10.7. The van der Waals surface area contributed by atoms with Gasteiger partial charge in [-0.15, -0.1) is 13.2 Å². The highest BCUT2D eigenvalue weighted by atomic mass is 16.1. The summed E-state index contributed by atoms with van der Waals surface area (Å²) < 4.78 is 0. The zero-order chi connectivity index (χ0) is 25.7. The Bertz CT molecular complexity index is 481. The SMILES string of the molecule is C=CCCCCCCCCCCCCCC(=O)C(C=O)CCCCCCCCCCCCCC=C. The van der Waals surface area contributed by atoms with Crippen molar-refractivity contribution in [1.82, 2.24) is 0 Å². The van der Waals surface area contributed by atoms with Crippen LogP contribution in [0, 0.1) is 5.92 Å². The maximum Gasteiger partial charge on any atom is 0.143 e. The summed E-state index contributed by atoms with van der Waals surface area (Å²) in [7, 11) is 0. The van der Waals surface area contributed by atoms with Gasteiger partial charge >= 0.3 is 0 Å². The molecule has 0 N–H and O–H groups in total. The second-order valence-electron chi connectivity index (χ2n) is 10.7. The molecule has 0 rings (SSSR count). The van der Waals surface area contributed by atoms with Crippen molar-refractivity contribution in [3.63, 3.8) is 0 Å². The Morgan fingerprint density at radius 3 is 1.14 bits per heavy atom. The number of aldehydes is 1. The molecule has 1 atom stereocenters. The molecule has 0 aliphatic heterocycles. The predicted molar refractivity (Wildman–Crippen MR) is 155 cm³/mol. The quantitative estimate of drug-likeness (QED) is 0.0436. The summed E-state index contributed by atoms with van der Waals surface area (Å²) in [5, 5.41) is 0. The number of rotatable bonds is 30. The smallest absolute Gasteiger partial charge is 0.143 e. The van der Waals surface area contributed by atoms with Gasteiger partial charge in [0.15, 0.2) is 0 Å². The first kappa shape index (κ1) is 33.8. The van der Waals surface area contributed by atoms with Crippen LogP contribution in [0.3, 0.4) is 0 Å². The first-order valence-electron chi connectivity index (χ1n) is 15.5. The van der Waals surface area contributed by atoms with Crippen molar-refractivity contribution in [1.29, 1.82) is 0 Å². The third kappa shape index (κ3) is 25.7. The summed E-state index contributed by atoms with van der Waals surface area (Å²) in [6, 6.07) is 0. The zero-order valence-corrected chi connectivity index (χ0v) is 23.4. The number of carbonyl (C=O) groups is 2. The minimum absolute atomic E-state index is 0.185. The average Bonchev–Trinajstić information content (AvgIpc) is 2.87. The van der Waals surface area contributed by atoms with E-state index in [-0.39, 0.29) is 11.7 Å². The largest absolute Gasteiger partial charge is 0.303 e. The fraction of sp³-hybridized carbons (Fsp3) is 0.818. The lowest BCUT2D eigenvalue weighted by Gasteiger charge is -2.09. The molecule has 0 bridgehead atoms. The minimum atomic E-state index is -0.345. The Balaban J connectivity index is 3.44. The molecule has 0 saturated heterocycles. The van der Waals surface area contributed by atoms with Crippen molar-refractivity contribution in [3.8, 4) is 0 Å². The number of Topliss-reactive ketones (excluding diaryl/α,β-unsaturated/α-hetero) is 1. The van der Waals surface area contributed by atoms with Gasteiger partial charge in [-0.2, -0.15) is 0 Å². The third-order valence-corrected chi connectivity index (χ3v) is 7.33. The molecule has 0 amide bonds. The molecule has 0 spiro atoms. The first-order chi connectivity index (χ1) is 17.3. The summed E-state index contributed by atoms with van der Waals surface area (Å²) >= 11 is 0. The van der Waals surface area contributed by atoms with Gasteiger partial charge in [-0.1, -0.05) is 134 Å². The minimum Gasteiger partial charge on any atom is -0.303 e. The molecule has 0 saturated carbocycles. The van der Waals surface area contributed by atoms with Crippen molar-refractivity contribution in [2.24, 2.45) is 5.92 Å². The maximum atomic E-state index is 12.4. The van der Waals surface area contributed by atoms with Crippen molar-refractivity contribution < 1.29 is 9.59 Å². The Hall–Kier alpha value is -1.18. The Morgan fingerprint density at radius 2 is 0.800 bits per heavy atom. The summed E-state index contributed by atoms with van der Waals surface area (Å²) in [6.07, 6.45) is 36.8. The molecule has 0 aliphatic carbocycles. The molecule has 0 heterocycles. The standard InChI is InChI=1S/C33H60O2/c1-3-5-7-9-11-13-15-17-19-21-23-25-27-29-32(31-34)33(35)30-28-26-24-22-20-18-16-14-12-10-8-6-4-2/h3-4,31-32H,1-2,5-30H2. The van der Waals surface area contributed by atoms with Crippen LogP contribution in [-0.4, -0.2) is 12.1 Å². The number of unbranched alkanes of at least 4 members (excludes halogenated alkanes) is 22. The lowest BCUT2D eigenvalue weighted by molar-refractivity contribution is -0.127. The molecule has 0 aromatic carbocycles. The molecule has 0 aliphatic rings. The lowest BCUT2D eigenvalue weighted by atomic mass is 9.94. The number of allylic oxidation sites excluding steroid dienone is 2. The molecule has 35 heavy (non-hydrogen) atoms. The fourth-order valence-electron chi connectivity index (χ4n) is 4.91. The monoisotopic (exact) mass is 488 g/mol. The third-order valence-electron chi connectivity index (χ3n) is 7.33. The molecule has 1 unspecified atom stereocenters. The summed E-state index contributed by atoms with van der Waals surface area (Å²) in [5.41, 5.74) is 0. The van der Waals surface area contributed by atoms with Crippen LogP contribution in [0.1, 0.15) is 167 Å². The second kappa shape index (κ2) is 29.1. The van der Waals surface area contributed by atoms with Crippen molar-refractivity contribution in [2.45, 2.75) is 167 Å². The van der Waals surface area contributed by atoms with Gasteiger partial charge in [-0.3, -0.25) is 4.79 Å². The van der Waals surface area contributed by atoms with E-state index in [4.69, 9.17) is 0 Å². The van der Waals surface area contributed by atoms with E-state index in [1.165, 1.54) is 116 Å². The lowest BCUT2D eigenvalue weighted by Crippen LogP contribution is -2.15. The van der Waals surface area contributed by atoms with Gasteiger partial charge in [0.2, 0.25) is 0 Å². The predicted octanol–water partition coefficient (Wildman–Crippen LogP) is 10.9. The number of hydrogen-bond donors (Lipinski definition) is 0. The molecular formula is C33H60O2. The van der Waals surface area contributed by atoms with E-state index in [2.05, 4.69) is 13.2 Å². The van der Waals surface area contributed by atoms with Crippen molar-refractivity contribution >= 4 is 12.1 Å². The summed E-state index contributed by atoms with van der Waals surface area (Å²) in [4.78, 5) is 23.8. The van der Waals surface area contributed by atoms with E-state index in [1.807, 2.05) is 12.2 Å². The average molecular weight is 489 g/mol. The van der Waals surface area contributed by atoms with E-state index in [0.717, 1.165) is 51.2 Å². The molecule has 2 heteroatoms. The van der Waals surface area contributed by atoms with E-state index in [0.29, 0.717) is 6.42 Å². The number of ketones is 1. The molecular weight excluding hydrogens is 428 g/mol. The van der Waals surface area contributed by atoms with Gasteiger partial charge in [0.05, 0.1) is 5.92 Å². The van der Waals surface area contributed by atoms with Crippen LogP contribution in [0.25, 0.3) is 0 Å². The fourth-order valence-corrected chi connectivity index (χ4v) is 4.91. The van der Waals surface area contributed by atoms with E-state index in [9.17, 15) is 9.59 Å². The molecule has 0 aromatic heterocycles. The molecule has 0 aromatic rings. The van der Waals surface area contributed by atoms with E-state index in [1.54, 1.807) is 0 Å². The van der Waals surface area contributed by atoms with Crippen LogP contribution in [0.5, 0.6) is 0 Å². The Morgan fingerprint density at radius 1 is 0.486 bits per heavy atom. The van der Waals surface area contributed by atoms with Gasteiger partial charge in [0, 0.05) is 6.42 Å². The molecule has 2 nitrogen and oxygen atoms in total. The Kier molecular flexibility index (Phi) is 28.1. The number of hydrogen-bond acceptors (Lipinski definition) is 2. The highest BCUT2D eigenvalue weighted by Crippen LogP contribution is 2.17. The van der Waals surface area contributed by atoms with Crippen LogP contribution >= 0.6 is 0 Å². The van der Waals surface area contributed by atoms with Gasteiger partial charge in [-0.25, -0.2) is 0 Å². The molecule has 204 valence electrons. The van der Waals surface area contributed by atoms with Gasteiger partial charge in [0.1, 0.15) is 12.1 Å². The first-order valence-corrected chi connectivity index (χ1v) is 15.5. The van der Waals surface area contributed by atoms with Crippen molar-refractivity contribution in [2.75, 3.05) is 0 Å². The van der Waals surface area contributed by atoms with Gasteiger partial charge < -0.3 is 4.79 Å². The highest BCUT2D eigenvalue weighted by Gasteiger charge is 2.16. The highest BCUT2D eigenvalue weighted by molar-refractivity contribution is 5.93. The van der Waals surface area contributed by atoms with E-state index >= 15 is 0 Å². The van der Waals surface area contributed by atoms with Crippen LogP contribution in [0.4, 0.5) is 0 Å². The van der Waals surface area contributed by atoms with Crippen LogP contribution in [-0.2, 0) is 9.59 Å². The topological polar surface area (TPSA) is 34.1 Å². The number of carbonyl (C=O) groups excluding carboxylic acids is 2. The van der Waals surface area contributed by atoms with Crippen LogP contribution < -0.4 is 0 Å². The zero-order valence-electron chi connectivity index (χ0n) is 23.4. The van der Waals surface area contributed by atoms with Gasteiger partial charge in [0.25, 0.3) is 0 Å². The summed E-state index contributed by atoms with van der Waals surface area (Å²) in [6.45, 7) is 7.55. The summed E-state index contributed by atoms with van der Waals surface area (Å²) in [5.74, 6) is -0.160. The van der Waals surface area contributed by atoms with Gasteiger partial charge in [-0.05, 0) is 38.5 Å². The molecule has 0 radical (unpaired) electrons.